The van der Waals surface area contributed by atoms with Crippen molar-refractivity contribution in [2.45, 2.75) is 25.5 Å². The molecule has 2 aromatic rings. The summed E-state index contributed by atoms with van der Waals surface area (Å²) in [5.41, 5.74) is 1.19. The van der Waals surface area contributed by atoms with Crippen molar-refractivity contribution >= 4 is 17.2 Å². The molecule has 0 bridgehead atoms. The number of aliphatic hydroxyl groups is 1. The fraction of sp³-hybridized carbons (Fsp3) is 0.429. The lowest BCUT2D eigenvalue weighted by molar-refractivity contribution is 0.0662. The van der Waals surface area contributed by atoms with Crippen molar-refractivity contribution in [3.8, 4) is 0 Å². The molecule has 1 saturated heterocycles. The molecule has 0 unspecified atom stereocenters. The molecule has 20 heavy (non-hydrogen) atoms. The van der Waals surface area contributed by atoms with Gasteiger partial charge in [-0.05, 0) is 31.5 Å². The summed E-state index contributed by atoms with van der Waals surface area (Å²) in [6, 6.07) is 4.99. The summed E-state index contributed by atoms with van der Waals surface area (Å²) < 4.78 is 1.44. The maximum Gasteiger partial charge on any atom is 0.258 e. The van der Waals surface area contributed by atoms with Crippen molar-refractivity contribution in [2.24, 2.45) is 0 Å². The number of aromatic nitrogens is 2. The van der Waals surface area contributed by atoms with Crippen molar-refractivity contribution in [3.63, 3.8) is 0 Å². The summed E-state index contributed by atoms with van der Waals surface area (Å²) >= 11 is 5.88. The Morgan fingerprint density at radius 2 is 2.30 bits per heavy atom. The van der Waals surface area contributed by atoms with E-state index >= 15 is 0 Å². The molecule has 3 rings (SSSR count). The number of halogens is 1. The molecule has 1 aliphatic rings. The highest BCUT2D eigenvalue weighted by molar-refractivity contribution is 6.30. The predicted octanol–water partition coefficient (Wildman–Crippen LogP) is 1.30. The standard InChI is InChI=1S/C14H16ClN3O2/c15-10-3-4-13-16-11(6-14(20)18(13)7-10)8-17-5-1-2-12(19)9-17/h3-4,6-7,12,19H,1-2,5,8-9H2/t12-/m0/s1. The Kier molecular flexibility index (Phi) is 3.74. The molecule has 1 aliphatic heterocycles. The average molecular weight is 294 g/mol. The van der Waals surface area contributed by atoms with Crippen LogP contribution in [0.25, 0.3) is 5.65 Å². The van der Waals surface area contributed by atoms with Crippen LogP contribution in [-0.4, -0.2) is 38.6 Å². The monoisotopic (exact) mass is 293 g/mol. The molecule has 0 aromatic carbocycles. The van der Waals surface area contributed by atoms with Crippen molar-refractivity contribution in [3.05, 3.63) is 45.5 Å². The van der Waals surface area contributed by atoms with Gasteiger partial charge in [0.15, 0.2) is 0 Å². The van der Waals surface area contributed by atoms with Gasteiger partial charge in [-0.25, -0.2) is 4.98 Å². The molecule has 0 amide bonds. The van der Waals surface area contributed by atoms with E-state index in [4.69, 9.17) is 11.6 Å². The highest BCUT2D eigenvalue weighted by Crippen LogP contribution is 2.13. The van der Waals surface area contributed by atoms with E-state index in [1.807, 2.05) is 0 Å². The number of β-amino-alcohol motifs (C(OH)–C–C–N with tert-alkyl or cyclic N) is 1. The lowest BCUT2D eigenvalue weighted by Crippen LogP contribution is -2.38. The van der Waals surface area contributed by atoms with Crippen LogP contribution < -0.4 is 5.56 Å². The normalized spacial score (nSPS) is 20.4. The van der Waals surface area contributed by atoms with Crippen LogP contribution in [0.5, 0.6) is 0 Å². The van der Waals surface area contributed by atoms with Gasteiger partial charge in [-0.3, -0.25) is 14.1 Å². The summed E-state index contributed by atoms with van der Waals surface area (Å²) in [5, 5.41) is 10.2. The minimum absolute atomic E-state index is 0.134. The zero-order chi connectivity index (χ0) is 14.1. The molecule has 3 heterocycles. The number of aliphatic hydroxyl groups excluding tert-OH is 1. The van der Waals surface area contributed by atoms with E-state index in [1.165, 1.54) is 10.5 Å². The molecular formula is C14H16ClN3O2. The summed E-state index contributed by atoms with van der Waals surface area (Å²) in [6.45, 7) is 2.16. The fourth-order valence-corrected chi connectivity index (χ4v) is 2.77. The highest BCUT2D eigenvalue weighted by Gasteiger charge is 2.18. The van der Waals surface area contributed by atoms with Crippen LogP contribution in [0.15, 0.2) is 29.2 Å². The number of hydrogen-bond donors (Lipinski definition) is 1. The molecule has 5 nitrogen and oxygen atoms in total. The number of hydrogen-bond acceptors (Lipinski definition) is 4. The second-order valence-electron chi connectivity index (χ2n) is 5.19. The van der Waals surface area contributed by atoms with Gasteiger partial charge in [-0.2, -0.15) is 0 Å². The lowest BCUT2D eigenvalue weighted by atomic mass is 10.1. The minimum Gasteiger partial charge on any atom is -0.392 e. The van der Waals surface area contributed by atoms with E-state index in [9.17, 15) is 9.90 Å². The molecule has 2 aromatic heterocycles. The van der Waals surface area contributed by atoms with E-state index < -0.39 is 0 Å². The highest BCUT2D eigenvalue weighted by atomic mass is 35.5. The minimum atomic E-state index is -0.274. The molecule has 0 spiro atoms. The number of nitrogens with zero attached hydrogens (tertiary/aromatic N) is 3. The van der Waals surface area contributed by atoms with Crippen molar-refractivity contribution in [1.29, 1.82) is 0 Å². The third kappa shape index (κ3) is 2.85. The van der Waals surface area contributed by atoms with E-state index in [0.717, 1.165) is 25.1 Å². The SMILES string of the molecule is O=c1cc(CN2CCC[C@H](O)C2)nc2ccc(Cl)cn12. The van der Waals surface area contributed by atoms with E-state index in [0.29, 0.717) is 23.8 Å². The third-order valence-electron chi connectivity index (χ3n) is 3.54. The van der Waals surface area contributed by atoms with Gasteiger partial charge in [0.25, 0.3) is 5.56 Å². The molecule has 0 saturated carbocycles. The number of pyridine rings is 1. The predicted molar refractivity (Wildman–Crippen MR) is 77.0 cm³/mol. The molecule has 1 fully saturated rings. The molecule has 6 heteroatoms. The van der Waals surface area contributed by atoms with Crippen LogP contribution in [-0.2, 0) is 6.54 Å². The van der Waals surface area contributed by atoms with Crippen LogP contribution in [0.2, 0.25) is 5.02 Å². The fourth-order valence-electron chi connectivity index (χ4n) is 2.61. The Hall–Kier alpha value is -1.43. The number of piperidine rings is 1. The zero-order valence-electron chi connectivity index (χ0n) is 11.0. The van der Waals surface area contributed by atoms with Crippen LogP contribution in [0.1, 0.15) is 18.5 Å². The molecule has 0 radical (unpaired) electrons. The van der Waals surface area contributed by atoms with Crippen molar-refractivity contribution in [1.82, 2.24) is 14.3 Å². The van der Waals surface area contributed by atoms with Gasteiger partial charge >= 0.3 is 0 Å². The third-order valence-corrected chi connectivity index (χ3v) is 3.77. The van der Waals surface area contributed by atoms with Crippen molar-refractivity contribution in [2.75, 3.05) is 13.1 Å². The van der Waals surface area contributed by atoms with Crippen LogP contribution in [0.4, 0.5) is 0 Å². The van der Waals surface area contributed by atoms with E-state index in [1.54, 1.807) is 18.3 Å². The summed E-state index contributed by atoms with van der Waals surface area (Å²) in [4.78, 5) is 18.7. The maximum atomic E-state index is 12.1. The summed E-state index contributed by atoms with van der Waals surface area (Å²) in [6.07, 6.45) is 3.12. The Bertz CT molecular complexity index is 686. The first-order valence-electron chi connectivity index (χ1n) is 6.70. The second-order valence-corrected chi connectivity index (χ2v) is 5.63. The Morgan fingerprint density at radius 3 is 3.10 bits per heavy atom. The van der Waals surface area contributed by atoms with Gasteiger partial charge in [-0.1, -0.05) is 11.6 Å². The molecule has 106 valence electrons. The van der Waals surface area contributed by atoms with Crippen LogP contribution >= 0.6 is 11.6 Å². The Labute approximate surface area is 121 Å². The Morgan fingerprint density at radius 1 is 1.45 bits per heavy atom. The molecule has 1 atom stereocenters. The Balaban J connectivity index is 1.89. The summed E-state index contributed by atoms with van der Waals surface area (Å²) in [7, 11) is 0. The van der Waals surface area contributed by atoms with Gasteiger partial charge in [-0.15, -0.1) is 0 Å². The van der Waals surface area contributed by atoms with Gasteiger partial charge in [0.2, 0.25) is 0 Å². The van der Waals surface area contributed by atoms with E-state index in [-0.39, 0.29) is 11.7 Å². The zero-order valence-corrected chi connectivity index (χ0v) is 11.8. The lowest BCUT2D eigenvalue weighted by Gasteiger charge is -2.29. The number of likely N-dealkylation sites (tertiary alicyclic amines) is 1. The van der Waals surface area contributed by atoms with E-state index in [2.05, 4.69) is 9.88 Å². The number of rotatable bonds is 2. The largest absolute Gasteiger partial charge is 0.392 e. The maximum absolute atomic E-state index is 12.1. The van der Waals surface area contributed by atoms with Gasteiger partial charge < -0.3 is 5.11 Å². The molecular weight excluding hydrogens is 278 g/mol. The van der Waals surface area contributed by atoms with Gasteiger partial charge in [0.1, 0.15) is 5.65 Å². The molecule has 0 aliphatic carbocycles. The van der Waals surface area contributed by atoms with Gasteiger partial charge in [0.05, 0.1) is 16.8 Å². The smallest absolute Gasteiger partial charge is 0.258 e. The van der Waals surface area contributed by atoms with Crippen molar-refractivity contribution < 1.29 is 5.11 Å². The first-order chi connectivity index (χ1) is 9.61. The van der Waals surface area contributed by atoms with Gasteiger partial charge in [0, 0.05) is 25.4 Å². The average Bonchev–Trinajstić information content (AvgIpc) is 2.40. The second kappa shape index (κ2) is 5.52. The first kappa shape index (κ1) is 13.5. The summed E-state index contributed by atoms with van der Waals surface area (Å²) in [5.74, 6) is 0. The number of fused-ring (bicyclic) bond motifs is 1. The molecule has 1 N–H and O–H groups in total. The first-order valence-corrected chi connectivity index (χ1v) is 7.08. The quantitative estimate of drug-likeness (QED) is 0.907. The topological polar surface area (TPSA) is 57.8 Å². The van der Waals surface area contributed by atoms with Crippen LogP contribution in [0, 0.1) is 0 Å². The van der Waals surface area contributed by atoms with Crippen LogP contribution in [0.3, 0.4) is 0 Å².